The third-order valence-electron chi connectivity index (χ3n) is 5.28. The first kappa shape index (κ1) is 27.3. The number of hydrogen-bond acceptors (Lipinski definition) is 5. The van der Waals surface area contributed by atoms with Gasteiger partial charge in [0, 0.05) is 17.3 Å². The molecule has 2 rings (SSSR count). The van der Waals surface area contributed by atoms with E-state index in [4.69, 9.17) is 11.2 Å². The molecule has 0 aliphatic heterocycles. The van der Waals surface area contributed by atoms with Crippen molar-refractivity contribution in [3.05, 3.63) is 58.7 Å². The lowest BCUT2D eigenvalue weighted by Gasteiger charge is -2.30. The molecule has 3 N–H and O–H groups in total. The number of anilines is 1. The van der Waals surface area contributed by atoms with Crippen LogP contribution in [0.5, 0.6) is 5.75 Å². The molecule has 3 amide bonds. The minimum Gasteiger partial charge on any atom is -0.507 e. The minimum atomic E-state index is -1.37. The van der Waals surface area contributed by atoms with Crippen LogP contribution >= 0.6 is 0 Å². The third kappa shape index (κ3) is 6.76. The maximum absolute atomic E-state index is 13.6. The Labute approximate surface area is 206 Å². The normalized spacial score (nSPS) is 12.6. The second-order valence-corrected chi connectivity index (χ2v) is 9.38. The summed E-state index contributed by atoms with van der Waals surface area (Å²) >= 11 is 0. The van der Waals surface area contributed by atoms with Crippen LogP contribution in [0.2, 0.25) is 0 Å². The van der Waals surface area contributed by atoms with Crippen LogP contribution in [0.3, 0.4) is 0 Å². The predicted molar refractivity (Wildman–Crippen MR) is 135 cm³/mol. The van der Waals surface area contributed by atoms with E-state index in [2.05, 4.69) is 16.7 Å². The van der Waals surface area contributed by atoms with Gasteiger partial charge in [0.05, 0.1) is 0 Å². The standard InChI is InChI=1S/C27H33N3O5/c1-9-30(25(33)19(5)28-26(34)35-27(6,7)8)22(20-15-11-14-18(4)23(20)31)24(32)29-21-16(2)12-10-13-17(21)3/h1,10-15,19,22,31H,2-8H3,(H,28,34)(H,29,32). The van der Waals surface area contributed by atoms with Crippen molar-refractivity contribution in [3.8, 4) is 18.2 Å². The van der Waals surface area contributed by atoms with Gasteiger partial charge in [-0.1, -0.05) is 42.8 Å². The van der Waals surface area contributed by atoms with Crippen LogP contribution in [0.15, 0.2) is 36.4 Å². The number of carbonyl (C=O) groups is 3. The molecule has 0 heterocycles. The van der Waals surface area contributed by atoms with Gasteiger partial charge in [0.15, 0.2) is 6.04 Å². The first-order valence-electron chi connectivity index (χ1n) is 11.2. The van der Waals surface area contributed by atoms with Crippen molar-refractivity contribution in [1.82, 2.24) is 10.2 Å². The highest BCUT2D eigenvalue weighted by atomic mass is 16.6. The van der Waals surface area contributed by atoms with Gasteiger partial charge in [-0.3, -0.25) is 14.5 Å². The van der Waals surface area contributed by atoms with Gasteiger partial charge in [0.1, 0.15) is 17.4 Å². The van der Waals surface area contributed by atoms with Gasteiger partial charge in [0.25, 0.3) is 11.8 Å². The van der Waals surface area contributed by atoms with Crippen LogP contribution in [-0.4, -0.2) is 39.6 Å². The molecule has 2 unspecified atom stereocenters. The average molecular weight is 480 g/mol. The second-order valence-electron chi connectivity index (χ2n) is 9.38. The van der Waals surface area contributed by atoms with E-state index in [0.717, 1.165) is 16.0 Å². The molecule has 8 nitrogen and oxygen atoms in total. The Morgan fingerprint density at radius 1 is 1.03 bits per heavy atom. The van der Waals surface area contributed by atoms with Crippen LogP contribution < -0.4 is 10.6 Å². The van der Waals surface area contributed by atoms with Gasteiger partial charge in [-0.05, 0) is 65.2 Å². The van der Waals surface area contributed by atoms with Gasteiger partial charge in [-0.2, -0.15) is 0 Å². The summed E-state index contributed by atoms with van der Waals surface area (Å²) in [7, 11) is 0. The fraction of sp³-hybridized carbons (Fsp3) is 0.370. The maximum Gasteiger partial charge on any atom is 0.408 e. The molecular weight excluding hydrogens is 446 g/mol. The highest BCUT2D eigenvalue weighted by Crippen LogP contribution is 2.33. The van der Waals surface area contributed by atoms with Crippen molar-refractivity contribution in [2.75, 3.05) is 5.32 Å². The Balaban J connectivity index is 2.47. The molecule has 8 heteroatoms. The number of para-hydroxylation sites is 2. The number of aryl methyl sites for hydroxylation is 3. The van der Waals surface area contributed by atoms with E-state index in [0.29, 0.717) is 11.3 Å². The summed E-state index contributed by atoms with van der Waals surface area (Å²) in [5, 5.41) is 16.1. The molecule has 2 atom stereocenters. The summed E-state index contributed by atoms with van der Waals surface area (Å²) in [5.41, 5.74) is 2.13. The SMILES string of the molecule is C#CN(C(=O)C(C)NC(=O)OC(C)(C)C)C(C(=O)Nc1c(C)cccc1C)c1cccc(C)c1O. The van der Waals surface area contributed by atoms with E-state index in [-0.39, 0.29) is 11.3 Å². The molecule has 0 saturated heterocycles. The van der Waals surface area contributed by atoms with Crippen molar-refractivity contribution >= 4 is 23.6 Å². The number of carbonyl (C=O) groups excluding carboxylic acids is 3. The molecular formula is C27H33N3O5. The molecule has 0 bridgehead atoms. The van der Waals surface area contributed by atoms with E-state index < -0.39 is 35.6 Å². The molecule has 0 fully saturated rings. The van der Waals surface area contributed by atoms with E-state index in [1.165, 1.54) is 13.0 Å². The maximum atomic E-state index is 13.6. The molecule has 35 heavy (non-hydrogen) atoms. The molecule has 0 radical (unpaired) electrons. The third-order valence-corrected chi connectivity index (χ3v) is 5.28. The van der Waals surface area contributed by atoms with Crippen molar-refractivity contribution in [2.45, 2.75) is 66.2 Å². The lowest BCUT2D eigenvalue weighted by molar-refractivity contribution is -0.136. The zero-order valence-corrected chi connectivity index (χ0v) is 21.2. The number of ether oxygens (including phenoxy) is 1. The first-order chi connectivity index (χ1) is 16.3. The summed E-state index contributed by atoms with van der Waals surface area (Å²) in [6, 6.07) is 10.2. The average Bonchev–Trinajstić information content (AvgIpc) is 2.75. The molecule has 2 aromatic rings. The largest absolute Gasteiger partial charge is 0.507 e. The second kappa shape index (κ2) is 11.0. The highest BCUT2D eigenvalue weighted by Gasteiger charge is 2.36. The summed E-state index contributed by atoms with van der Waals surface area (Å²) in [6.45, 7) is 11.9. The van der Waals surface area contributed by atoms with Crippen molar-refractivity contribution in [2.24, 2.45) is 0 Å². The van der Waals surface area contributed by atoms with Gasteiger partial charge >= 0.3 is 6.09 Å². The number of aromatic hydroxyl groups is 1. The van der Waals surface area contributed by atoms with Gasteiger partial charge in [0.2, 0.25) is 0 Å². The number of phenolic OH excluding ortho intramolecular Hbond substituents is 1. The van der Waals surface area contributed by atoms with Crippen LogP contribution in [0, 0.1) is 33.2 Å². The Hall–Kier alpha value is -3.99. The molecule has 0 aliphatic rings. The number of terminal acetylenes is 1. The lowest BCUT2D eigenvalue weighted by Crippen LogP contribution is -2.49. The number of nitrogens with zero attached hydrogens (tertiary/aromatic N) is 1. The predicted octanol–water partition coefficient (Wildman–Crippen LogP) is 4.33. The zero-order valence-electron chi connectivity index (χ0n) is 21.2. The van der Waals surface area contributed by atoms with E-state index in [9.17, 15) is 19.5 Å². The van der Waals surface area contributed by atoms with Gasteiger partial charge in [-0.25, -0.2) is 4.79 Å². The Bertz CT molecular complexity index is 1140. The monoisotopic (exact) mass is 479 g/mol. The summed E-state index contributed by atoms with van der Waals surface area (Å²) < 4.78 is 5.21. The Morgan fingerprint density at radius 3 is 2.11 bits per heavy atom. The van der Waals surface area contributed by atoms with Crippen LogP contribution in [0.1, 0.15) is 56.0 Å². The first-order valence-corrected chi connectivity index (χ1v) is 11.2. The number of hydrogen-bond donors (Lipinski definition) is 3. The number of alkyl carbamates (subject to hydrolysis) is 1. The molecule has 0 aliphatic carbocycles. The quantitative estimate of drug-likeness (QED) is 0.422. The van der Waals surface area contributed by atoms with Gasteiger partial charge in [-0.15, -0.1) is 0 Å². The van der Waals surface area contributed by atoms with Gasteiger partial charge < -0.3 is 20.5 Å². The fourth-order valence-corrected chi connectivity index (χ4v) is 3.52. The number of amides is 3. The fourth-order valence-electron chi connectivity index (χ4n) is 3.52. The van der Waals surface area contributed by atoms with Crippen molar-refractivity contribution in [1.29, 1.82) is 0 Å². The van der Waals surface area contributed by atoms with E-state index in [1.807, 2.05) is 32.0 Å². The summed E-state index contributed by atoms with van der Waals surface area (Å²) in [5.74, 6) is -1.49. The van der Waals surface area contributed by atoms with Crippen molar-refractivity contribution in [3.63, 3.8) is 0 Å². The zero-order chi connectivity index (χ0) is 26.5. The molecule has 2 aromatic carbocycles. The number of nitrogens with one attached hydrogen (secondary N) is 2. The van der Waals surface area contributed by atoms with Crippen LogP contribution in [0.4, 0.5) is 10.5 Å². The smallest absolute Gasteiger partial charge is 0.408 e. The number of rotatable bonds is 6. The minimum absolute atomic E-state index is 0.157. The van der Waals surface area contributed by atoms with Crippen molar-refractivity contribution < 1.29 is 24.2 Å². The number of phenols is 1. The Morgan fingerprint density at radius 2 is 1.57 bits per heavy atom. The molecule has 186 valence electrons. The lowest BCUT2D eigenvalue weighted by atomic mass is 9.99. The highest BCUT2D eigenvalue weighted by molar-refractivity contribution is 6.00. The molecule has 0 aromatic heterocycles. The topological polar surface area (TPSA) is 108 Å². The molecule has 0 saturated carbocycles. The summed E-state index contributed by atoms with van der Waals surface area (Å²) in [6.07, 6.45) is 4.91. The summed E-state index contributed by atoms with van der Waals surface area (Å²) in [4.78, 5) is 40.0. The van der Waals surface area contributed by atoms with Crippen LogP contribution in [-0.2, 0) is 14.3 Å². The van der Waals surface area contributed by atoms with E-state index >= 15 is 0 Å². The molecule has 0 spiro atoms. The number of benzene rings is 2. The Kier molecular flexibility index (Phi) is 8.53. The van der Waals surface area contributed by atoms with E-state index in [1.54, 1.807) is 39.8 Å². The van der Waals surface area contributed by atoms with Crippen LogP contribution in [0.25, 0.3) is 0 Å².